The molecule has 16 heavy (non-hydrogen) atoms. The van der Waals surface area contributed by atoms with E-state index in [2.05, 4.69) is 13.0 Å². The molecule has 1 fully saturated rings. The quantitative estimate of drug-likeness (QED) is 0.724. The Hall–Kier alpha value is -1.24. The fraction of sp³-hybridized carbons (Fsp3) is 0.833. The van der Waals surface area contributed by atoms with Crippen molar-refractivity contribution in [1.82, 2.24) is 4.90 Å². The molecule has 0 spiro atoms. The van der Waals surface area contributed by atoms with Gasteiger partial charge in [0.05, 0.1) is 6.07 Å². The molecule has 1 heterocycles. The van der Waals surface area contributed by atoms with E-state index in [0.717, 1.165) is 6.42 Å². The van der Waals surface area contributed by atoms with Crippen LogP contribution in [0.15, 0.2) is 0 Å². The zero-order valence-electron chi connectivity index (χ0n) is 10.5. The zero-order chi connectivity index (χ0) is 12.4. The minimum atomic E-state index is -0.448. The van der Waals surface area contributed by atoms with Crippen LogP contribution in [-0.2, 0) is 4.74 Å². The lowest BCUT2D eigenvalue weighted by Crippen LogP contribution is -2.58. The number of amides is 1. The minimum absolute atomic E-state index is 0.00561. The Bertz CT molecular complexity index is 306. The molecule has 90 valence electrons. The van der Waals surface area contributed by atoms with E-state index in [9.17, 15) is 4.79 Å². The second-order valence-electron chi connectivity index (χ2n) is 5.52. The summed E-state index contributed by atoms with van der Waals surface area (Å²) in [7, 11) is 0. The van der Waals surface area contributed by atoms with E-state index in [1.807, 2.05) is 20.8 Å². The Balaban J connectivity index is 2.46. The lowest BCUT2D eigenvalue weighted by molar-refractivity contribution is -0.0341. The fourth-order valence-corrected chi connectivity index (χ4v) is 1.85. The highest BCUT2D eigenvalue weighted by atomic mass is 16.6. The summed E-state index contributed by atoms with van der Waals surface area (Å²) in [6.45, 7) is 8.91. The Kier molecular flexibility index (Phi) is 3.47. The molecular weight excluding hydrogens is 204 g/mol. The van der Waals surface area contributed by atoms with Crippen LogP contribution in [-0.4, -0.2) is 29.7 Å². The van der Waals surface area contributed by atoms with E-state index in [1.165, 1.54) is 0 Å². The molecule has 0 aromatic carbocycles. The standard InChI is InChI=1S/C12H20N2O2/c1-5-12(6-7-13)8-14(9-12)10(15)16-11(2,3)4/h5-6,8-9H2,1-4H3. The summed E-state index contributed by atoms with van der Waals surface area (Å²) in [5.74, 6) is 0. The van der Waals surface area contributed by atoms with Gasteiger partial charge >= 0.3 is 6.09 Å². The van der Waals surface area contributed by atoms with Gasteiger partial charge in [-0.25, -0.2) is 4.79 Å². The van der Waals surface area contributed by atoms with Gasteiger partial charge in [-0.05, 0) is 27.2 Å². The molecule has 0 bridgehead atoms. The molecule has 0 saturated carbocycles. The van der Waals surface area contributed by atoms with E-state index in [0.29, 0.717) is 19.5 Å². The van der Waals surface area contributed by atoms with Crippen molar-refractivity contribution in [2.75, 3.05) is 13.1 Å². The van der Waals surface area contributed by atoms with Crippen LogP contribution in [0.2, 0.25) is 0 Å². The van der Waals surface area contributed by atoms with Gasteiger partial charge in [-0.3, -0.25) is 0 Å². The first-order valence-electron chi connectivity index (χ1n) is 5.67. The van der Waals surface area contributed by atoms with Gasteiger partial charge in [0, 0.05) is 24.9 Å². The van der Waals surface area contributed by atoms with E-state index in [-0.39, 0.29) is 11.5 Å². The van der Waals surface area contributed by atoms with Crippen LogP contribution in [0.5, 0.6) is 0 Å². The molecular formula is C12H20N2O2. The van der Waals surface area contributed by atoms with Crippen LogP contribution in [0.25, 0.3) is 0 Å². The predicted molar refractivity (Wildman–Crippen MR) is 60.8 cm³/mol. The van der Waals surface area contributed by atoms with E-state index in [1.54, 1.807) is 4.90 Å². The van der Waals surface area contributed by atoms with E-state index >= 15 is 0 Å². The van der Waals surface area contributed by atoms with E-state index < -0.39 is 5.60 Å². The lowest BCUT2D eigenvalue weighted by atomic mass is 9.75. The number of rotatable bonds is 2. The Labute approximate surface area is 97.2 Å². The molecule has 1 aliphatic heterocycles. The highest BCUT2D eigenvalue weighted by molar-refractivity contribution is 5.69. The molecule has 0 atom stereocenters. The SMILES string of the molecule is CCC1(CC#N)CN(C(=O)OC(C)(C)C)C1. The van der Waals surface area contributed by atoms with Crippen LogP contribution in [0.4, 0.5) is 4.79 Å². The van der Waals surface area contributed by atoms with Gasteiger partial charge in [0.2, 0.25) is 0 Å². The molecule has 1 rings (SSSR count). The molecule has 0 aliphatic carbocycles. The van der Waals surface area contributed by atoms with Gasteiger partial charge in [-0.2, -0.15) is 5.26 Å². The first-order valence-corrected chi connectivity index (χ1v) is 5.67. The second kappa shape index (κ2) is 4.32. The topological polar surface area (TPSA) is 53.3 Å². The molecule has 1 aliphatic rings. The van der Waals surface area contributed by atoms with Crippen molar-refractivity contribution < 1.29 is 9.53 Å². The molecule has 1 amide bonds. The van der Waals surface area contributed by atoms with Crippen molar-refractivity contribution in [2.45, 2.75) is 46.1 Å². The number of ether oxygens (including phenoxy) is 1. The van der Waals surface area contributed by atoms with Crippen molar-refractivity contribution in [1.29, 1.82) is 5.26 Å². The fourth-order valence-electron chi connectivity index (χ4n) is 1.85. The van der Waals surface area contributed by atoms with Crippen molar-refractivity contribution in [3.05, 3.63) is 0 Å². The molecule has 0 aromatic heterocycles. The number of hydrogen-bond donors (Lipinski definition) is 0. The highest BCUT2D eigenvalue weighted by Crippen LogP contribution is 2.37. The molecule has 0 unspecified atom stereocenters. The lowest BCUT2D eigenvalue weighted by Gasteiger charge is -2.48. The second-order valence-corrected chi connectivity index (χ2v) is 5.52. The number of carbonyl (C=O) groups excluding carboxylic acids is 1. The Morgan fingerprint density at radius 3 is 2.44 bits per heavy atom. The first-order chi connectivity index (χ1) is 7.32. The van der Waals surface area contributed by atoms with Crippen molar-refractivity contribution in [2.24, 2.45) is 5.41 Å². The third kappa shape index (κ3) is 2.88. The number of nitrogens with zero attached hydrogens (tertiary/aromatic N) is 2. The third-order valence-corrected chi connectivity index (χ3v) is 2.91. The largest absolute Gasteiger partial charge is 0.444 e. The van der Waals surface area contributed by atoms with Gasteiger partial charge in [0.1, 0.15) is 5.60 Å². The molecule has 0 aromatic rings. The maximum Gasteiger partial charge on any atom is 0.410 e. The number of carbonyl (C=O) groups is 1. The smallest absolute Gasteiger partial charge is 0.410 e. The van der Waals surface area contributed by atoms with Crippen LogP contribution < -0.4 is 0 Å². The average molecular weight is 224 g/mol. The number of likely N-dealkylation sites (tertiary alicyclic amines) is 1. The minimum Gasteiger partial charge on any atom is -0.444 e. The average Bonchev–Trinajstić information content (AvgIpc) is 2.07. The molecule has 4 heteroatoms. The van der Waals surface area contributed by atoms with E-state index in [4.69, 9.17) is 10.00 Å². The molecule has 0 N–H and O–H groups in total. The maximum atomic E-state index is 11.7. The van der Waals surface area contributed by atoms with Gasteiger partial charge in [-0.15, -0.1) is 0 Å². The molecule has 0 radical (unpaired) electrons. The van der Waals surface area contributed by atoms with Crippen molar-refractivity contribution in [3.8, 4) is 6.07 Å². The van der Waals surface area contributed by atoms with Crippen LogP contribution in [0.3, 0.4) is 0 Å². The van der Waals surface area contributed by atoms with Crippen LogP contribution in [0, 0.1) is 16.7 Å². The van der Waals surface area contributed by atoms with Gasteiger partial charge in [0.15, 0.2) is 0 Å². The maximum absolute atomic E-state index is 11.7. The summed E-state index contributed by atoms with van der Waals surface area (Å²) in [4.78, 5) is 13.3. The molecule has 1 saturated heterocycles. The summed E-state index contributed by atoms with van der Waals surface area (Å²) in [5.41, 5.74) is -0.442. The van der Waals surface area contributed by atoms with Crippen molar-refractivity contribution >= 4 is 6.09 Å². The monoisotopic (exact) mass is 224 g/mol. The Morgan fingerprint density at radius 1 is 1.50 bits per heavy atom. The Morgan fingerprint density at radius 2 is 2.06 bits per heavy atom. The summed E-state index contributed by atoms with van der Waals surface area (Å²) in [6.07, 6.45) is 1.18. The normalized spacial score (nSPS) is 18.6. The predicted octanol–water partition coefficient (Wildman–Crippen LogP) is 2.55. The van der Waals surface area contributed by atoms with Crippen LogP contribution in [0.1, 0.15) is 40.5 Å². The highest BCUT2D eigenvalue weighted by Gasteiger charge is 2.44. The number of nitriles is 1. The molecule has 4 nitrogen and oxygen atoms in total. The zero-order valence-corrected chi connectivity index (χ0v) is 10.5. The summed E-state index contributed by atoms with van der Waals surface area (Å²) in [5, 5.41) is 8.72. The summed E-state index contributed by atoms with van der Waals surface area (Å²) >= 11 is 0. The summed E-state index contributed by atoms with van der Waals surface area (Å²) in [6, 6.07) is 2.19. The van der Waals surface area contributed by atoms with Crippen LogP contribution >= 0.6 is 0 Å². The van der Waals surface area contributed by atoms with Gasteiger partial charge in [-0.1, -0.05) is 6.92 Å². The number of hydrogen-bond acceptors (Lipinski definition) is 3. The van der Waals surface area contributed by atoms with Gasteiger partial charge in [0.25, 0.3) is 0 Å². The first kappa shape index (κ1) is 12.8. The van der Waals surface area contributed by atoms with Crippen molar-refractivity contribution in [3.63, 3.8) is 0 Å². The van der Waals surface area contributed by atoms with Gasteiger partial charge < -0.3 is 9.64 Å². The third-order valence-electron chi connectivity index (χ3n) is 2.91. The summed E-state index contributed by atoms with van der Waals surface area (Å²) < 4.78 is 5.26.